The molecule has 1 aromatic carbocycles. The fourth-order valence-corrected chi connectivity index (χ4v) is 6.75. The Morgan fingerprint density at radius 3 is 2.87 bits per heavy atom. The topological polar surface area (TPSA) is 71.6 Å². The van der Waals surface area contributed by atoms with Crippen LogP contribution in [0.15, 0.2) is 48.9 Å². The van der Waals surface area contributed by atoms with E-state index in [0.29, 0.717) is 50.4 Å². The van der Waals surface area contributed by atoms with Crippen LogP contribution in [0.5, 0.6) is 0 Å². The first-order valence-corrected chi connectivity index (χ1v) is 14.1. The number of ketones is 1. The molecule has 0 bridgehead atoms. The maximum absolute atomic E-state index is 15.1. The number of hydrogen-bond acceptors (Lipinski definition) is 4. The maximum atomic E-state index is 15.1. The van der Waals surface area contributed by atoms with E-state index < -0.39 is 0 Å². The van der Waals surface area contributed by atoms with Gasteiger partial charge in [-0.25, -0.2) is 9.37 Å². The van der Waals surface area contributed by atoms with E-state index in [0.717, 1.165) is 71.3 Å². The van der Waals surface area contributed by atoms with Gasteiger partial charge in [-0.05, 0) is 80.1 Å². The number of hydrogen-bond donors (Lipinski definition) is 1. The summed E-state index contributed by atoms with van der Waals surface area (Å²) in [5.41, 5.74) is 5.87. The zero-order valence-corrected chi connectivity index (χ0v) is 22.0. The number of halogens is 1. The molecule has 4 aromatic rings. The molecular weight excluding hydrogens is 493 g/mol. The highest BCUT2D eigenvalue weighted by Gasteiger charge is 2.31. The molecule has 1 saturated heterocycles. The normalized spacial score (nSPS) is 18.5. The average molecular weight is 526 g/mol. The molecule has 8 heteroatoms. The summed E-state index contributed by atoms with van der Waals surface area (Å²) in [5, 5.41) is 4.19. The fraction of sp³-hybridized carbons (Fsp3) is 0.387. The van der Waals surface area contributed by atoms with E-state index in [2.05, 4.69) is 21.1 Å². The van der Waals surface area contributed by atoms with Crippen LogP contribution in [0.3, 0.4) is 0 Å². The Labute approximate surface area is 226 Å². The van der Waals surface area contributed by atoms with Crippen molar-refractivity contribution in [2.75, 3.05) is 19.6 Å². The summed E-state index contributed by atoms with van der Waals surface area (Å²) in [6.07, 6.45) is 10.5. The molecule has 3 aliphatic rings. The molecule has 7 rings (SSSR count). The van der Waals surface area contributed by atoms with Crippen LogP contribution in [0, 0.1) is 11.7 Å². The number of nitrogens with one attached hydrogen (secondary N) is 1. The van der Waals surface area contributed by atoms with Crippen molar-refractivity contribution in [3.05, 3.63) is 71.6 Å². The van der Waals surface area contributed by atoms with Crippen LogP contribution in [-0.2, 0) is 22.7 Å². The minimum atomic E-state index is -0.318. The molecule has 0 saturated carbocycles. The van der Waals surface area contributed by atoms with E-state index in [4.69, 9.17) is 0 Å². The van der Waals surface area contributed by atoms with Gasteiger partial charge < -0.3 is 14.8 Å². The quantitative estimate of drug-likeness (QED) is 0.406. The molecule has 1 aliphatic carbocycles. The second-order valence-electron chi connectivity index (χ2n) is 11.1. The summed E-state index contributed by atoms with van der Waals surface area (Å²) in [6, 6.07) is 8.93. The molecule has 1 amide bonds. The second kappa shape index (κ2) is 9.75. The Morgan fingerprint density at radius 1 is 1.13 bits per heavy atom. The standard InChI is InChI=1S/C31H32FN5O2/c32-22-15-21-18-35(29(39)7-4-20-8-10-33-11-9-20)13-14-36-19-25(24(16-22)31(21)36)23-5-6-27(38)30(23)26-17-34-28-3-1-2-12-37(26)28/h1-3,12,15-17,19-20,33H,4-11,13-14,18H2. The van der Waals surface area contributed by atoms with Crippen LogP contribution in [0.25, 0.3) is 27.7 Å². The molecule has 2 aliphatic heterocycles. The summed E-state index contributed by atoms with van der Waals surface area (Å²) >= 11 is 0. The molecule has 7 nitrogen and oxygen atoms in total. The molecule has 0 radical (unpaired) electrons. The molecular formula is C31H32FN5O2. The number of Topliss-reactive ketones (excluding diaryl/α,β-unsaturated/α-hetero) is 1. The minimum Gasteiger partial charge on any atom is -0.345 e. The molecule has 1 fully saturated rings. The molecule has 0 atom stereocenters. The van der Waals surface area contributed by atoms with Crippen LogP contribution in [-0.4, -0.2) is 50.2 Å². The second-order valence-corrected chi connectivity index (χ2v) is 11.1. The van der Waals surface area contributed by atoms with Crippen LogP contribution in [0.4, 0.5) is 4.39 Å². The van der Waals surface area contributed by atoms with Crippen LogP contribution in [0.2, 0.25) is 0 Å². The molecule has 200 valence electrons. The van der Waals surface area contributed by atoms with E-state index >= 15 is 4.39 Å². The van der Waals surface area contributed by atoms with Crippen molar-refractivity contribution >= 4 is 39.4 Å². The van der Waals surface area contributed by atoms with Gasteiger partial charge in [-0.3, -0.25) is 14.0 Å². The number of benzene rings is 1. The van der Waals surface area contributed by atoms with Gasteiger partial charge in [0.1, 0.15) is 11.5 Å². The van der Waals surface area contributed by atoms with Crippen molar-refractivity contribution in [3.8, 4) is 0 Å². The molecule has 5 heterocycles. The van der Waals surface area contributed by atoms with Crippen molar-refractivity contribution in [3.63, 3.8) is 0 Å². The van der Waals surface area contributed by atoms with Crippen LogP contribution >= 0.6 is 0 Å². The molecule has 0 spiro atoms. The van der Waals surface area contributed by atoms with E-state index in [-0.39, 0.29) is 17.5 Å². The number of carbonyl (C=O) groups excluding carboxylic acids is 2. The molecule has 1 N–H and O–H groups in total. The summed E-state index contributed by atoms with van der Waals surface area (Å²) in [6.45, 7) is 3.69. The Bertz CT molecular complexity index is 1640. The zero-order chi connectivity index (χ0) is 26.5. The third-order valence-electron chi connectivity index (χ3n) is 8.75. The van der Waals surface area contributed by atoms with E-state index in [1.807, 2.05) is 33.7 Å². The Morgan fingerprint density at radius 2 is 2.00 bits per heavy atom. The number of aromatic nitrogens is 3. The average Bonchev–Trinajstić information content (AvgIpc) is 3.61. The van der Waals surface area contributed by atoms with E-state index in [1.165, 1.54) is 0 Å². The third kappa shape index (κ3) is 4.27. The van der Waals surface area contributed by atoms with Crippen molar-refractivity contribution in [2.24, 2.45) is 5.92 Å². The van der Waals surface area contributed by atoms with Gasteiger partial charge in [0.15, 0.2) is 5.78 Å². The Kier molecular flexibility index (Phi) is 6.07. The highest BCUT2D eigenvalue weighted by molar-refractivity contribution is 6.31. The number of carbonyl (C=O) groups is 2. The van der Waals surface area contributed by atoms with E-state index in [9.17, 15) is 9.59 Å². The van der Waals surface area contributed by atoms with Crippen LogP contribution in [0.1, 0.15) is 55.3 Å². The summed E-state index contributed by atoms with van der Waals surface area (Å²) in [7, 11) is 0. The van der Waals surface area contributed by atoms with Gasteiger partial charge in [0.2, 0.25) is 5.91 Å². The van der Waals surface area contributed by atoms with E-state index in [1.54, 1.807) is 18.3 Å². The van der Waals surface area contributed by atoms with Gasteiger partial charge in [0.25, 0.3) is 0 Å². The number of pyridine rings is 1. The van der Waals surface area contributed by atoms with Gasteiger partial charge in [-0.2, -0.15) is 0 Å². The highest BCUT2D eigenvalue weighted by Crippen LogP contribution is 2.42. The summed E-state index contributed by atoms with van der Waals surface area (Å²) in [4.78, 5) is 32.8. The van der Waals surface area contributed by atoms with Crippen molar-refractivity contribution in [1.29, 1.82) is 0 Å². The smallest absolute Gasteiger partial charge is 0.222 e. The lowest BCUT2D eigenvalue weighted by Gasteiger charge is -2.25. The van der Waals surface area contributed by atoms with Gasteiger partial charge in [0, 0.05) is 61.4 Å². The fourth-order valence-electron chi connectivity index (χ4n) is 6.75. The van der Waals surface area contributed by atoms with Crippen molar-refractivity contribution in [2.45, 2.75) is 51.6 Å². The largest absolute Gasteiger partial charge is 0.345 e. The first-order valence-electron chi connectivity index (χ1n) is 14.1. The maximum Gasteiger partial charge on any atom is 0.222 e. The number of imidazole rings is 1. The van der Waals surface area contributed by atoms with Gasteiger partial charge >= 0.3 is 0 Å². The number of allylic oxidation sites excluding steroid dienone is 2. The van der Waals surface area contributed by atoms with Gasteiger partial charge in [-0.1, -0.05) is 6.07 Å². The Balaban J connectivity index is 1.25. The lowest BCUT2D eigenvalue weighted by Crippen LogP contribution is -2.33. The lowest BCUT2D eigenvalue weighted by atomic mass is 9.93. The van der Waals surface area contributed by atoms with Crippen molar-refractivity contribution < 1.29 is 14.0 Å². The predicted molar refractivity (Wildman–Crippen MR) is 148 cm³/mol. The first-order chi connectivity index (χ1) is 19.1. The molecule has 39 heavy (non-hydrogen) atoms. The Hall–Kier alpha value is -3.78. The van der Waals surface area contributed by atoms with Crippen molar-refractivity contribution in [1.82, 2.24) is 24.2 Å². The number of rotatable bonds is 5. The number of piperidine rings is 1. The SMILES string of the molecule is O=C1CCC(c2cn3c4c(cc(F)cc24)CN(C(=O)CCC2CCNCC2)CC3)=C1c1cnc2ccccn12. The zero-order valence-electron chi connectivity index (χ0n) is 22.0. The number of amides is 1. The molecule has 0 unspecified atom stereocenters. The predicted octanol–water partition coefficient (Wildman–Crippen LogP) is 4.82. The minimum absolute atomic E-state index is 0.0887. The van der Waals surface area contributed by atoms with Gasteiger partial charge in [0.05, 0.1) is 17.4 Å². The lowest BCUT2D eigenvalue weighted by molar-refractivity contribution is -0.132. The third-order valence-corrected chi connectivity index (χ3v) is 8.75. The molecule has 3 aromatic heterocycles. The number of nitrogens with zero attached hydrogens (tertiary/aromatic N) is 4. The summed E-state index contributed by atoms with van der Waals surface area (Å²) < 4.78 is 19.2. The van der Waals surface area contributed by atoms with Crippen LogP contribution < -0.4 is 5.32 Å². The van der Waals surface area contributed by atoms with Gasteiger partial charge in [-0.15, -0.1) is 0 Å². The number of fused-ring (bicyclic) bond motifs is 1. The monoisotopic (exact) mass is 525 g/mol. The summed E-state index contributed by atoms with van der Waals surface area (Å²) in [5.74, 6) is 0.521. The highest BCUT2D eigenvalue weighted by atomic mass is 19.1. The first kappa shape index (κ1) is 24.3.